The second-order valence-corrected chi connectivity index (χ2v) is 9.56. The van der Waals surface area contributed by atoms with Crippen LogP contribution in [0.15, 0.2) is 29.2 Å². The van der Waals surface area contributed by atoms with Crippen LogP contribution in [0.2, 0.25) is 0 Å². The fourth-order valence-electron chi connectivity index (χ4n) is 3.86. The molecule has 7 nitrogen and oxygen atoms in total. The van der Waals surface area contributed by atoms with Gasteiger partial charge in [0.1, 0.15) is 10.6 Å². The minimum Gasteiger partial charge on any atom is -0.342 e. The Hall–Kier alpha value is -2.63. The Labute approximate surface area is 172 Å². The molecule has 3 rings (SSSR count). The highest BCUT2D eigenvalue weighted by atomic mass is 32.2. The molecule has 154 valence electrons. The van der Waals surface area contributed by atoms with E-state index in [9.17, 15) is 13.2 Å². The monoisotopic (exact) mass is 414 g/mol. The van der Waals surface area contributed by atoms with Crippen LogP contribution in [0, 0.1) is 31.1 Å². The van der Waals surface area contributed by atoms with Crippen molar-refractivity contribution < 1.29 is 13.2 Å². The number of hydrogen-bond acceptors (Lipinski definition) is 4. The van der Waals surface area contributed by atoms with Gasteiger partial charge in [0.05, 0.1) is 11.6 Å². The van der Waals surface area contributed by atoms with E-state index >= 15 is 0 Å². The zero-order valence-corrected chi connectivity index (χ0v) is 18.0. The number of sulfonamides is 1. The first-order valence-corrected chi connectivity index (χ1v) is 11.1. The van der Waals surface area contributed by atoms with Gasteiger partial charge in [0.25, 0.3) is 5.91 Å². The summed E-state index contributed by atoms with van der Waals surface area (Å²) in [5.41, 5.74) is 2.20. The Kier molecular flexibility index (Phi) is 5.82. The fourth-order valence-corrected chi connectivity index (χ4v) is 5.81. The number of benzene rings is 1. The van der Waals surface area contributed by atoms with Crippen molar-refractivity contribution in [2.75, 3.05) is 18.4 Å². The summed E-state index contributed by atoms with van der Waals surface area (Å²) in [5, 5.41) is 11.8. The molecule has 1 fully saturated rings. The van der Waals surface area contributed by atoms with Gasteiger partial charge in [-0.05, 0) is 50.8 Å². The van der Waals surface area contributed by atoms with Crippen LogP contribution in [0.4, 0.5) is 5.69 Å². The van der Waals surface area contributed by atoms with Gasteiger partial charge in [-0.1, -0.05) is 13.0 Å². The highest BCUT2D eigenvalue weighted by Gasteiger charge is 2.34. The van der Waals surface area contributed by atoms with Crippen LogP contribution in [-0.2, 0) is 17.1 Å². The number of nitrogens with zero attached hydrogens (tertiary/aromatic N) is 3. The van der Waals surface area contributed by atoms with Crippen molar-refractivity contribution in [1.82, 2.24) is 8.87 Å². The Bertz CT molecular complexity index is 1090. The zero-order chi connectivity index (χ0) is 21.3. The molecule has 8 heteroatoms. The van der Waals surface area contributed by atoms with Crippen LogP contribution in [0.3, 0.4) is 0 Å². The average Bonchev–Trinajstić information content (AvgIpc) is 2.91. The number of nitrogens with one attached hydrogen (secondary N) is 1. The van der Waals surface area contributed by atoms with Crippen molar-refractivity contribution in [2.45, 2.75) is 38.5 Å². The first-order valence-electron chi connectivity index (χ1n) is 9.64. The van der Waals surface area contributed by atoms with Gasteiger partial charge < -0.3 is 9.88 Å². The third-order valence-corrected chi connectivity index (χ3v) is 7.83. The zero-order valence-electron chi connectivity index (χ0n) is 17.2. The smallest absolute Gasteiger partial charge is 0.272 e. The molecule has 2 aromatic rings. The number of rotatable bonds is 4. The number of amides is 1. The molecule has 0 saturated carbocycles. The maximum absolute atomic E-state index is 13.3. The van der Waals surface area contributed by atoms with Crippen molar-refractivity contribution in [3.05, 3.63) is 46.8 Å². The number of carbonyl (C=O) groups is 1. The van der Waals surface area contributed by atoms with E-state index in [2.05, 4.69) is 12.2 Å². The van der Waals surface area contributed by atoms with Crippen molar-refractivity contribution in [1.29, 1.82) is 5.26 Å². The van der Waals surface area contributed by atoms with E-state index in [4.69, 9.17) is 5.26 Å². The summed E-state index contributed by atoms with van der Waals surface area (Å²) in [6, 6.07) is 8.64. The van der Waals surface area contributed by atoms with Gasteiger partial charge in [-0.25, -0.2) is 8.42 Å². The summed E-state index contributed by atoms with van der Waals surface area (Å²) in [5.74, 6) is 0.113. The van der Waals surface area contributed by atoms with Crippen molar-refractivity contribution >= 4 is 21.6 Å². The lowest BCUT2D eigenvalue weighted by atomic mass is 10.0. The van der Waals surface area contributed by atoms with Crippen LogP contribution < -0.4 is 5.32 Å². The molecule has 29 heavy (non-hydrogen) atoms. The maximum atomic E-state index is 13.3. The van der Waals surface area contributed by atoms with Crippen LogP contribution in [0.1, 0.15) is 47.1 Å². The van der Waals surface area contributed by atoms with Gasteiger partial charge in [-0.15, -0.1) is 0 Å². The van der Waals surface area contributed by atoms with Gasteiger partial charge >= 0.3 is 0 Å². The number of carbonyl (C=O) groups excluding carboxylic acids is 1. The third kappa shape index (κ3) is 3.93. The minimum absolute atomic E-state index is 0.213. The maximum Gasteiger partial charge on any atom is 0.272 e. The Morgan fingerprint density at radius 2 is 1.90 bits per heavy atom. The van der Waals surface area contributed by atoms with E-state index in [1.54, 1.807) is 49.7 Å². The fraction of sp³-hybridized carbons (Fsp3) is 0.429. The molecule has 1 aromatic carbocycles. The lowest BCUT2D eigenvalue weighted by Gasteiger charge is -2.29. The van der Waals surface area contributed by atoms with Crippen molar-refractivity contribution in [2.24, 2.45) is 13.0 Å². The summed E-state index contributed by atoms with van der Waals surface area (Å²) in [6.45, 7) is 6.53. The molecule has 0 aliphatic carbocycles. The van der Waals surface area contributed by atoms with E-state index in [1.807, 2.05) is 6.07 Å². The summed E-state index contributed by atoms with van der Waals surface area (Å²) in [7, 11) is -1.98. The molecular weight excluding hydrogens is 388 g/mol. The summed E-state index contributed by atoms with van der Waals surface area (Å²) >= 11 is 0. The molecule has 0 unspecified atom stereocenters. The molecule has 1 N–H and O–H groups in total. The van der Waals surface area contributed by atoms with Crippen molar-refractivity contribution in [3.63, 3.8) is 0 Å². The van der Waals surface area contributed by atoms with E-state index in [0.717, 1.165) is 12.8 Å². The Morgan fingerprint density at radius 1 is 1.24 bits per heavy atom. The quantitative estimate of drug-likeness (QED) is 0.831. The Morgan fingerprint density at radius 3 is 2.52 bits per heavy atom. The highest BCUT2D eigenvalue weighted by molar-refractivity contribution is 7.89. The Balaban J connectivity index is 1.96. The lowest BCUT2D eigenvalue weighted by Crippen LogP contribution is -2.38. The molecule has 1 aromatic heterocycles. The van der Waals surface area contributed by atoms with Gasteiger partial charge in [0.15, 0.2) is 0 Å². The first-order chi connectivity index (χ1) is 13.7. The lowest BCUT2D eigenvalue weighted by molar-refractivity contribution is 0.101. The molecule has 1 aliphatic heterocycles. The number of piperidine rings is 1. The van der Waals surface area contributed by atoms with Crippen LogP contribution >= 0.6 is 0 Å². The van der Waals surface area contributed by atoms with E-state index in [0.29, 0.717) is 47.2 Å². The van der Waals surface area contributed by atoms with Crippen LogP contribution in [0.5, 0.6) is 0 Å². The topological polar surface area (TPSA) is 95.2 Å². The molecule has 0 radical (unpaired) electrons. The van der Waals surface area contributed by atoms with Gasteiger partial charge in [-0.2, -0.15) is 9.57 Å². The summed E-state index contributed by atoms with van der Waals surface area (Å²) < 4.78 is 29.8. The molecule has 1 amide bonds. The predicted molar refractivity (Wildman–Crippen MR) is 111 cm³/mol. The number of nitriles is 1. The molecular formula is C21H26N4O3S. The number of hydrogen-bond donors (Lipinski definition) is 1. The summed E-state index contributed by atoms with van der Waals surface area (Å²) in [6.07, 6.45) is 1.68. The summed E-state index contributed by atoms with van der Waals surface area (Å²) in [4.78, 5) is 13.2. The van der Waals surface area contributed by atoms with Gasteiger partial charge in [-0.3, -0.25) is 4.79 Å². The second kappa shape index (κ2) is 8.01. The van der Waals surface area contributed by atoms with E-state index in [1.165, 1.54) is 4.31 Å². The predicted octanol–water partition coefficient (Wildman–Crippen LogP) is 3.19. The number of aromatic nitrogens is 1. The van der Waals surface area contributed by atoms with Gasteiger partial charge in [0.2, 0.25) is 10.0 Å². The molecule has 0 spiro atoms. The number of anilines is 1. The molecule has 1 saturated heterocycles. The van der Waals surface area contributed by atoms with Crippen LogP contribution in [-0.4, -0.2) is 36.3 Å². The standard InChI is InChI=1S/C21H26N4O3S/c1-14-8-10-25(11-9-14)29(27,28)20-15(2)19(24(4)16(20)3)21(26)23-18-7-5-6-17(12-18)13-22/h5-7,12,14H,8-11H2,1-4H3,(H,23,26). The highest BCUT2D eigenvalue weighted by Crippen LogP contribution is 2.31. The van der Waals surface area contributed by atoms with E-state index < -0.39 is 15.9 Å². The average molecular weight is 415 g/mol. The third-order valence-electron chi connectivity index (χ3n) is 5.67. The SMILES string of the molecule is Cc1c(S(=O)(=O)N2CCC(C)CC2)c(C)n(C)c1C(=O)Nc1cccc(C#N)c1. The second-order valence-electron chi connectivity index (χ2n) is 7.68. The molecule has 2 heterocycles. The molecule has 0 bridgehead atoms. The molecule has 0 atom stereocenters. The normalized spacial score (nSPS) is 15.8. The molecule has 1 aliphatic rings. The minimum atomic E-state index is -3.68. The van der Waals surface area contributed by atoms with E-state index in [-0.39, 0.29) is 4.90 Å². The van der Waals surface area contributed by atoms with Gasteiger partial charge in [0, 0.05) is 37.1 Å². The van der Waals surface area contributed by atoms with Crippen LogP contribution in [0.25, 0.3) is 0 Å². The van der Waals surface area contributed by atoms with Crippen molar-refractivity contribution in [3.8, 4) is 6.07 Å². The first kappa shape index (κ1) is 21.1. The largest absolute Gasteiger partial charge is 0.342 e.